The van der Waals surface area contributed by atoms with Gasteiger partial charge in [0.2, 0.25) is 0 Å². The van der Waals surface area contributed by atoms with E-state index in [-0.39, 0.29) is 11.9 Å². The van der Waals surface area contributed by atoms with Crippen LogP contribution in [-0.2, 0) is 4.79 Å². The van der Waals surface area contributed by atoms with E-state index in [1.54, 1.807) is 10.7 Å². The molecule has 1 amide bonds. The molecule has 2 N–H and O–H groups in total. The minimum atomic E-state index is -0.993. The van der Waals surface area contributed by atoms with Crippen molar-refractivity contribution in [2.45, 2.75) is 71.9 Å². The van der Waals surface area contributed by atoms with Gasteiger partial charge in [-0.1, -0.05) is 33.6 Å². The van der Waals surface area contributed by atoms with E-state index in [9.17, 15) is 14.7 Å². The van der Waals surface area contributed by atoms with E-state index in [4.69, 9.17) is 0 Å². The molecule has 0 spiro atoms. The lowest BCUT2D eigenvalue weighted by atomic mass is 10.1. The number of hydrogen-bond donors (Lipinski definition) is 2. The molecule has 0 bridgehead atoms. The van der Waals surface area contributed by atoms with Gasteiger partial charge < -0.3 is 10.4 Å². The Balaban J connectivity index is 2.94. The maximum absolute atomic E-state index is 12.5. The number of rotatable bonds is 9. The number of aliphatic carboxylic acids is 1. The molecule has 124 valence electrons. The maximum Gasteiger partial charge on any atom is 0.326 e. The van der Waals surface area contributed by atoms with Crippen molar-refractivity contribution >= 4 is 11.9 Å². The Morgan fingerprint density at radius 1 is 1.32 bits per heavy atom. The lowest BCUT2D eigenvalue weighted by Gasteiger charge is -2.18. The summed E-state index contributed by atoms with van der Waals surface area (Å²) < 4.78 is 1.73. The van der Waals surface area contributed by atoms with Gasteiger partial charge in [0.1, 0.15) is 11.7 Å². The summed E-state index contributed by atoms with van der Waals surface area (Å²) >= 11 is 0. The molecule has 0 saturated carbocycles. The van der Waals surface area contributed by atoms with Crippen LogP contribution in [0.2, 0.25) is 0 Å². The number of aromatic nitrogens is 2. The summed E-state index contributed by atoms with van der Waals surface area (Å²) in [5.74, 6) is -1.36. The summed E-state index contributed by atoms with van der Waals surface area (Å²) in [6.45, 7) is 7.93. The molecule has 6 nitrogen and oxygen atoms in total. The Hall–Kier alpha value is -1.85. The van der Waals surface area contributed by atoms with Crippen LogP contribution in [0.25, 0.3) is 0 Å². The third-order valence-corrected chi connectivity index (χ3v) is 3.83. The summed E-state index contributed by atoms with van der Waals surface area (Å²) in [7, 11) is 0. The number of hydrogen-bond acceptors (Lipinski definition) is 3. The highest BCUT2D eigenvalue weighted by molar-refractivity contribution is 5.95. The Morgan fingerprint density at radius 2 is 1.95 bits per heavy atom. The molecule has 0 saturated heterocycles. The van der Waals surface area contributed by atoms with Crippen molar-refractivity contribution in [2.75, 3.05) is 0 Å². The predicted molar refractivity (Wildman–Crippen MR) is 85.0 cm³/mol. The van der Waals surface area contributed by atoms with Crippen molar-refractivity contribution in [3.63, 3.8) is 0 Å². The van der Waals surface area contributed by atoms with Gasteiger partial charge in [0.25, 0.3) is 5.91 Å². The average molecular weight is 309 g/mol. The number of carboxylic acid groups (broad SMARTS) is 1. The second-order valence-corrected chi connectivity index (χ2v) is 5.59. The fraction of sp³-hybridized carbons (Fsp3) is 0.688. The third-order valence-electron chi connectivity index (χ3n) is 3.83. The summed E-state index contributed by atoms with van der Waals surface area (Å²) in [6.07, 6.45) is 3.84. The summed E-state index contributed by atoms with van der Waals surface area (Å²) in [4.78, 5) is 23.7. The first-order valence-electron chi connectivity index (χ1n) is 8.04. The number of amides is 1. The Kier molecular flexibility index (Phi) is 7.08. The zero-order chi connectivity index (χ0) is 16.7. The average Bonchev–Trinajstić information content (AvgIpc) is 2.86. The van der Waals surface area contributed by atoms with E-state index in [1.165, 1.54) is 0 Å². The van der Waals surface area contributed by atoms with Crippen molar-refractivity contribution in [3.8, 4) is 0 Å². The Labute approximate surface area is 131 Å². The standard InChI is InChI=1S/C16H27N3O3/c1-5-8-9-13(16(21)22)17-15(20)14-10-11(4)18-19(14)12(6-2)7-3/h10,12-13H,5-9H2,1-4H3,(H,17,20)(H,21,22). The zero-order valence-electron chi connectivity index (χ0n) is 13.9. The molecule has 1 heterocycles. The van der Waals surface area contributed by atoms with E-state index in [1.807, 2.05) is 27.7 Å². The highest BCUT2D eigenvalue weighted by Gasteiger charge is 2.24. The van der Waals surface area contributed by atoms with Gasteiger partial charge in [-0.2, -0.15) is 5.10 Å². The van der Waals surface area contributed by atoms with Crippen molar-refractivity contribution in [1.82, 2.24) is 15.1 Å². The minimum absolute atomic E-state index is 0.147. The maximum atomic E-state index is 12.5. The topological polar surface area (TPSA) is 84.2 Å². The summed E-state index contributed by atoms with van der Waals surface area (Å²) in [6, 6.07) is 1.01. The number of nitrogens with zero attached hydrogens (tertiary/aromatic N) is 2. The first-order chi connectivity index (χ1) is 10.4. The molecule has 1 aromatic rings. The van der Waals surface area contributed by atoms with Crippen LogP contribution < -0.4 is 5.32 Å². The molecule has 1 atom stereocenters. The monoisotopic (exact) mass is 309 g/mol. The number of carbonyl (C=O) groups is 2. The molecule has 0 aromatic carbocycles. The quantitative estimate of drug-likeness (QED) is 0.734. The Morgan fingerprint density at radius 3 is 2.45 bits per heavy atom. The van der Waals surface area contributed by atoms with E-state index in [0.29, 0.717) is 12.1 Å². The van der Waals surface area contributed by atoms with Gasteiger partial charge in [0.05, 0.1) is 11.7 Å². The Bertz CT molecular complexity index is 507. The number of nitrogens with one attached hydrogen (secondary N) is 1. The lowest BCUT2D eigenvalue weighted by Crippen LogP contribution is -2.41. The third kappa shape index (κ3) is 4.58. The van der Waals surface area contributed by atoms with Crippen LogP contribution in [0.3, 0.4) is 0 Å². The smallest absolute Gasteiger partial charge is 0.326 e. The van der Waals surface area contributed by atoms with Gasteiger partial charge in [-0.3, -0.25) is 9.48 Å². The highest BCUT2D eigenvalue weighted by Crippen LogP contribution is 2.18. The highest BCUT2D eigenvalue weighted by atomic mass is 16.4. The van der Waals surface area contributed by atoms with Crippen LogP contribution in [0, 0.1) is 6.92 Å². The number of carbonyl (C=O) groups excluding carboxylic acids is 1. The number of aryl methyl sites for hydroxylation is 1. The first kappa shape index (κ1) is 18.2. The first-order valence-corrected chi connectivity index (χ1v) is 8.04. The van der Waals surface area contributed by atoms with Gasteiger partial charge in [0.15, 0.2) is 0 Å². The molecular weight excluding hydrogens is 282 g/mol. The van der Waals surface area contributed by atoms with Crippen LogP contribution in [0.5, 0.6) is 0 Å². The van der Waals surface area contributed by atoms with Gasteiger partial charge in [0, 0.05) is 0 Å². The van der Waals surface area contributed by atoms with Crippen molar-refractivity contribution < 1.29 is 14.7 Å². The predicted octanol–water partition coefficient (Wildman–Crippen LogP) is 2.93. The molecule has 0 aliphatic rings. The zero-order valence-corrected chi connectivity index (χ0v) is 13.9. The normalized spacial score (nSPS) is 12.4. The van der Waals surface area contributed by atoms with Crippen LogP contribution in [-0.4, -0.2) is 32.8 Å². The van der Waals surface area contributed by atoms with E-state index < -0.39 is 12.0 Å². The van der Waals surface area contributed by atoms with Crippen molar-refractivity contribution in [1.29, 1.82) is 0 Å². The number of carboxylic acids is 1. The largest absolute Gasteiger partial charge is 0.480 e. The molecule has 6 heteroatoms. The van der Waals surface area contributed by atoms with E-state index in [2.05, 4.69) is 10.4 Å². The molecule has 1 rings (SSSR count). The summed E-state index contributed by atoms with van der Waals surface area (Å²) in [5.41, 5.74) is 1.20. The molecule has 22 heavy (non-hydrogen) atoms. The fourth-order valence-electron chi connectivity index (χ4n) is 2.50. The van der Waals surface area contributed by atoms with Crippen molar-refractivity contribution in [2.24, 2.45) is 0 Å². The molecule has 0 radical (unpaired) electrons. The lowest BCUT2D eigenvalue weighted by molar-refractivity contribution is -0.139. The molecular formula is C16H27N3O3. The van der Waals surface area contributed by atoms with Crippen LogP contribution in [0.1, 0.15) is 75.1 Å². The molecule has 0 fully saturated rings. The van der Waals surface area contributed by atoms with Crippen molar-refractivity contribution in [3.05, 3.63) is 17.5 Å². The van der Waals surface area contributed by atoms with Gasteiger partial charge in [-0.05, 0) is 32.3 Å². The second-order valence-electron chi connectivity index (χ2n) is 5.59. The number of unbranched alkanes of at least 4 members (excludes halogenated alkanes) is 1. The molecule has 0 aliphatic carbocycles. The SMILES string of the molecule is CCCCC(NC(=O)c1cc(C)nn1C(CC)CC)C(=O)O. The van der Waals surface area contributed by atoms with Gasteiger partial charge in [-0.25, -0.2) is 4.79 Å². The van der Waals surface area contributed by atoms with Gasteiger partial charge >= 0.3 is 5.97 Å². The van der Waals surface area contributed by atoms with E-state index in [0.717, 1.165) is 31.4 Å². The van der Waals surface area contributed by atoms with Crippen LogP contribution >= 0.6 is 0 Å². The molecule has 1 unspecified atom stereocenters. The minimum Gasteiger partial charge on any atom is -0.480 e. The molecule has 1 aromatic heterocycles. The van der Waals surface area contributed by atoms with Crippen LogP contribution in [0.15, 0.2) is 6.07 Å². The molecule has 0 aliphatic heterocycles. The van der Waals surface area contributed by atoms with E-state index >= 15 is 0 Å². The fourth-order valence-corrected chi connectivity index (χ4v) is 2.50. The summed E-state index contributed by atoms with van der Waals surface area (Å²) in [5, 5.41) is 16.3. The second kappa shape index (κ2) is 8.56. The van der Waals surface area contributed by atoms with Gasteiger partial charge in [-0.15, -0.1) is 0 Å². The van der Waals surface area contributed by atoms with Crippen LogP contribution in [0.4, 0.5) is 0 Å².